The fourth-order valence-electron chi connectivity index (χ4n) is 2.38. The van der Waals surface area contributed by atoms with Crippen LogP contribution >= 0.6 is 27.3 Å². The number of thiophene rings is 1. The lowest BCUT2D eigenvalue weighted by Gasteiger charge is -2.38. The van der Waals surface area contributed by atoms with Crippen LogP contribution in [0.1, 0.15) is 42.3 Å². The van der Waals surface area contributed by atoms with E-state index in [-0.39, 0.29) is 12.5 Å². The molecule has 0 saturated heterocycles. The van der Waals surface area contributed by atoms with Gasteiger partial charge in [0.1, 0.15) is 0 Å². The van der Waals surface area contributed by atoms with Gasteiger partial charge < -0.3 is 10.4 Å². The molecule has 1 aromatic heterocycles. The minimum absolute atomic E-state index is 0.0258. The van der Waals surface area contributed by atoms with Gasteiger partial charge in [0.2, 0.25) is 0 Å². The molecular formula is C13H18BrNO2S. The second-order valence-corrected chi connectivity index (χ2v) is 7.64. The van der Waals surface area contributed by atoms with E-state index in [1.807, 2.05) is 6.07 Å². The van der Waals surface area contributed by atoms with Crippen LogP contribution in [0.5, 0.6) is 0 Å². The summed E-state index contributed by atoms with van der Waals surface area (Å²) in [5.41, 5.74) is -0.417. The molecule has 1 fully saturated rings. The quantitative estimate of drug-likeness (QED) is 0.893. The number of aliphatic hydroxyl groups excluding tert-OH is 1. The van der Waals surface area contributed by atoms with E-state index in [0.29, 0.717) is 10.8 Å². The van der Waals surface area contributed by atoms with Gasteiger partial charge in [-0.1, -0.05) is 6.92 Å². The van der Waals surface area contributed by atoms with Gasteiger partial charge in [-0.15, -0.1) is 11.3 Å². The van der Waals surface area contributed by atoms with Crippen molar-refractivity contribution in [1.29, 1.82) is 0 Å². The molecule has 1 aliphatic rings. The molecule has 1 heterocycles. The van der Waals surface area contributed by atoms with E-state index < -0.39 is 5.54 Å². The highest BCUT2D eigenvalue weighted by Gasteiger charge is 2.35. The van der Waals surface area contributed by atoms with Crippen LogP contribution in [0, 0.1) is 5.92 Å². The van der Waals surface area contributed by atoms with E-state index in [1.54, 1.807) is 6.07 Å². The zero-order valence-corrected chi connectivity index (χ0v) is 12.8. The van der Waals surface area contributed by atoms with E-state index in [2.05, 4.69) is 28.2 Å². The topological polar surface area (TPSA) is 49.3 Å². The molecule has 0 aliphatic heterocycles. The highest BCUT2D eigenvalue weighted by atomic mass is 79.9. The first-order valence-electron chi connectivity index (χ1n) is 6.23. The van der Waals surface area contributed by atoms with Gasteiger partial charge in [-0.25, -0.2) is 0 Å². The van der Waals surface area contributed by atoms with Gasteiger partial charge >= 0.3 is 0 Å². The number of nitrogens with one attached hydrogen (secondary N) is 1. The lowest BCUT2D eigenvalue weighted by Crippen LogP contribution is -2.53. The summed E-state index contributed by atoms with van der Waals surface area (Å²) in [6, 6.07) is 3.68. The number of rotatable bonds is 3. The van der Waals surface area contributed by atoms with Gasteiger partial charge in [0.15, 0.2) is 0 Å². The first-order valence-corrected chi connectivity index (χ1v) is 7.84. The molecular weight excluding hydrogens is 314 g/mol. The molecule has 2 rings (SSSR count). The normalized spacial score (nSPS) is 28.1. The summed E-state index contributed by atoms with van der Waals surface area (Å²) < 4.78 is 0.947. The van der Waals surface area contributed by atoms with E-state index >= 15 is 0 Å². The van der Waals surface area contributed by atoms with E-state index in [4.69, 9.17) is 0 Å². The molecule has 2 N–H and O–H groups in total. The SMILES string of the molecule is CC1CCC(CO)(NC(=O)c2ccc(Br)s2)CC1. The molecule has 1 amide bonds. The summed E-state index contributed by atoms with van der Waals surface area (Å²) in [5.74, 6) is 0.617. The molecule has 0 bridgehead atoms. The number of halogens is 1. The van der Waals surface area contributed by atoms with Crippen molar-refractivity contribution >= 4 is 33.2 Å². The lowest BCUT2D eigenvalue weighted by atomic mass is 9.77. The average molecular weight is 332 g/mol. The van der Waals surface area contributed by atoms with Crippen LogP contribution < -0.4 is 5.32 Å². The van der Waals surface area contributed by atoms with Crippen molar-refractivity contribution < 1.29 is 9.90 Å². The Hall–Kier alpha value is -0.390. The summed E-state index contributed by atoms with van der Waals surface area (Å²) in [6.45, 7) is 2.25. The van der Waals surface area contributed by atoms with Gasteiger partial charge in [0.25, 0.3) is 5.91 Å². The van der Waals surface area contributed by atoms with Gasteiger partial charge in [-0.05, 0) is 59.7 Å². The molecule has 100 valence electrons. The number of amides is 1. The number of hydrogen-bond acceptors (Lipinski definition) is 3. The predicted molar refractivity (Wildman–Crippen MR) is 76.9 cm³/mol. The monoisotopic (exact) mass is 331 g/mol. The van der Waals surface area contributed by atoms with Crippen LogP contribution in [0.3, 0.4) is 0 Å². The standard InChI is InChI=1S/C13H18BrNO2S/c1-9-4-6-13(8-16,7-5-9)15-12(17)10-2-3-11(14)18-10/h2-3,9,16H,4-8H2,1H3,(H,15,17). The van der Waals surface area contributed by atoms with Crippen molar-refractivity contribution in [2.45, 2.75) is 38.1 Å². The Balaban J connectivity index is 2.04. The zero-order valence-electron chi connectivity index (χ0n) is 10.4. The van der Waals surface area contributed by atoms with E-state index in [1.165, 1.54) is 11.3 Å². The van der Waals surface area contributed by atoms with Crippen LogP contribution in [0.25, 0.3) is 0 Å². The highest BCUT2D eigenvalue weighted by molar-refractivity contribution is 9.11. The molecule has 0 radical (unpaired) electrons. The number of aliphatic hydroxyl groups is 1. The lowest BCUT2D eigenvalue weighted by molar-refractivity contribution is 0.0721. The second kappa shape index (κ2) is 5.72. The number of carbonyl (C=O) groups excluding carboxylic acids is 1. The van der Waals surface area contributed by atoms with Crippen LogP contribution in [-0.2, 0) is 0 Å². The van der Waals surface area contributed by atoms with Gasteiger partial charge in [0, 0.05) is 0 Å². The molecule has 0 unspecified atom stereocenters. The minimum Gasteiger partial charge on any atom is -0.394 e. The Kier molecular flexibility index (Phi) is 4.45. The number of carbonyl (C=O) groups is 1. The fraction of sp³-hybridized carbons (Fsp3) is 0.615. The molecule has 1 saturated carbocycles. The van der Waals surface area contributed by atoms with E-state index in [0.717, 1.165) is 29.5 Å². The molecule has 0 spiro atoms. The zero-order chi connectivity index (χ0) is 13.2. The third-order valence-electron chi connectivity index (χ3n) is 3.71. The molecule has 5 heteroatoms. The summed E-state index contributed by atoms with van der Waals surface area (Å²) >= 11 is 4.77. The maximum absolute atomic E-state index is 12.1. The smallest absolute Gasteiger partial charge is 0.261 e. The van der Waals surface area contributed by atoms with Crippen LogP contribution in [0.2, 0.25) is 0 Å². The summed E-state index contributed by atoms with van der Waals surface area (Å²) in [6.07, 6.45) is 3.86. The van der Waals surface area contributed by atoms with Crippen molar-refractivity contribution in [3.8, 4) is 0 Å². The maximum Gasteiger partial charge on any atom is 0.261 e. The Morgan fingerprint density at radius 1 is 1.56 bits per heavy atom. The van der Waals surface area contributed by atoms with Crippen LogP contribution in [0.4, 0.5) is 0 Å². The second-order valence-electron chi connectivity index (χ2n) is 5.18. The molecule has 18 heavy (non-hydrogen) atoms. The Morgan fingerprint density at radius 2 is 2.22 bits per heavy atom. The van der Waals surface area contributed by atoms with Crippen molar-refractivity contribution in [3.63, 3.8) is 0 Å². The molecule has 0 atom stereocenters. The van der Waals surface area contributed by atoms with Crippen molar-refractivity contribution in [1.82, 2.24) is 5.32 Å². The minimum atomic E-state index is -0.417. The maximum atomic E-state index is 12.1. The Bertz CT molecular complexity index is 424. The molecule has 1 aliphatic carbocycles. The predicted octanol–water partition coefficient (Wildman–Crippen LogP) is 3.18. The average Bonchev–Trinajstić information content (AvgIpc) is 2.79. The fourth-order valence-corrected chi connectivity index (χ4v) is 3.66. The van der Waals surface area contributed by atoms with Crippen molar-refractivity contribution in [2.75, 3.05) is 6.61 Å². The summed E-state index contributed by atoms with van der Waals surface area (Å²) in [7, 11) is 0. The Labute approximate surface area is 120 Å². The number of hydrogen-bond donors (Lipinski definition) is 2. The first-order chi connectivity index (χ1) is 8.54. The van der Waals surface area contributed by atoms with Crippen molar-refractivity contribution in [2.24, 2.45) is 5.92 Å². The van der Waals surface area contributed by atoms with Gasteiger partial charge in [-0.3, -0.25) is 4.79 Å². The first kappa shape index (κ1) is 14.0. The largest absolute Gasteiger partial charge is 0.394 e. The van der Waals surface area contributed by atoms with Gasteiger partial charge in [-0.2, -0.15) is 0 Å². The third kappa shape index (κ3) is 3.13. The van der Waals surface area contributed by atoms with E-state index in [9.17, 15) is 9.90 Å². The van der Waals surface area contributed by atoms with Crippen LogP contribution in [0.15, 0.2) is 15.9 Å². The van der Waals surface area contributed by atoms with Crippen molar-refractivity contribution in [3.05, 3.63) is 20.8 Å². The molecule has 0 aromatic carbocycles. The van der Waals surface area contributed by atoms with Gasteiger partial charge in [0.05, 0.1) is 20.8 Å². The third-order valence-corrected chi connectivity index (χ3v) is 5.33. The summed E-state index contributed by atoms with van der Waals surface area (Å²) in [4.78, 5) is 12.8. The van der Waals surface area contributed by atoms with Crippen LogP contribution in [-0.4, -0.2) is 23.2 Å². The Morgan fingerprint density at radius 3 is 2.72 bits per heavy atom. The molecule has 1 aromatic rings. The highest BCUT2D eigenvalue weighted by Crippen LogP contribution is 2.32. The molecule has 3 nitrogen and oxygen atoms in total. The summed E-state index contributed by atoms with van der Waals surface area (Å²) in [5, 5.41) is 12.6.